The number of rotatable bonds is 2. The van der Waals surface area contributed by atoms with Crippen molar-refractivity contribution in [2.45, 2.75) is 6.92 Å². The molecule has 2 aromatic heterocycles. The van der Waals surface area contributed by atoms with E-state index in [1.807, 2.05) is 31.2 Å². The highest BCUT2D eigenvalue weighted by molar-refractivity contribution is 6.09. The monoisotopic (exact) mass is 279 g/mol. The first-order valence-electron chi connectivity index (χ1n) is 6.46. The van der Waals surface area contributed by atoms with E-state index in [1.54, 1.807) is 6.07 Å². The number of pyridine rings is 2. The van der Waals surface area contributed by atoms with Crippen LogP contribution in [0.1, 0.15) is 16.1 Å². The number of nitrogens with zero attached hydrogens (tertiary/aromatic N) is 2. The van der Waals surface area contributed by atoms with Crippen LogP contribution in [0.3, 0.4) is 0 Å². The predicted molar refractivity (Wildman–Crippen MR) is 80.3 cm³/mol. The van der Waals surface area contributed by atoms with Gasteiger partial charge in [-0.1, -0.05) is 18.2 Å². The smallest absolute Gasteiger partial charge is 0.259 e. The van der Waals surface area contributed by atoms with Crippen LogP contribution in [0, 0.1) is 6.92 Å². The van der Waals surface area contributed by atoms with Gasteiger partial charge in [-0.3, -0.25) is 14.8 Å². The normalized spacial score (nSPS) is 10.5. The second-order valence-electron chi connectivity index (χ2n) is 4.68. The molecule has 3 aromatic rings. The molecule has 1 aromatic carbocycles. The Hall–Kier alpha value is -2.95. The van der Waals surface area contributed by atoms with E-state index in [0.717, 1.165) is 16.6 Å². The number of nitrogens with one attached hydrogen (secondary N) is 1. The van der Waals surface area contributed by atoms with E-state index in [4.69, 9.17) is 0 Å². The van der Waals surface area contributed by atoms with Crippen molar-refractivity contribution in [3.8, 4) is 5.75 Å². The molecular weight excluding hydrogens is 266 g/mol. The van der Waals surface area contributed by atoms with Gasteiger partial charge in [0.15, 0.2) is 0 Å². The van der Waals surface area contributed by atoms with E-state index in [0.29, 0.717) is 5.69 Å². The van der Waals surface area contributed by atoms with Gasteiger partial charge in [0, 0.05) is 17.3 Å². The third-order valence-electron chi connectivity index (χ3n) is 3.14. The molecule has 0 aliphatic carbocycles. The second-order valence-corrected chi connectivity index (χ2v) is 4.68. The van der Waals surface area contributed by atoms with Gasteiger partial charge < -0.3 is 10.4 Å². The summed E-state index contributed by atoms with van der Waals surface area (Å²) in [7, 11) is 0. The van der Waals surface area contributed by atoms with Crippen molar-refractivity contribution < 1.29 is 9.90 Å². The Labute approximate surface area is 121 Å². The summed E-state index contributed by atoms with van der Waals surface area (Å²) < 4.78 is 0. The van der Waals surface area contributed by atoms with Crippen molar-refractivity contribution in [3.05, 3.63) is 60.0 Å². The first kappa shape index (κ1) is 13.1. The maximum absolute atomic E-state index is 12.3. The van der Waals surface area contributed by atoms with E-state index >= 15 is 0 Å². The molecule has 0 bridgehead atoms. The number of benzene rings is 1. The van der Waals surface area contributed by atoms with Crippen molar-refractivity contribution in [2.75, 3.05) is 5.32 Å². The maximum atomic E-state index is 12.3. The lowest BCUT2D eigenvalue weighted by Crippen LogP contribution is -2.13. The van der Waals surface area contributed by atoms with Crippen molar-refractivity contribution >= 4 is 22.5 Å². The summed E-state index contributed by atoms with van der Waals surface area (Å²) in [6.07, 6.45) is 2.70. The van der Waals surface area contributed by atoms with Gasteiger partial charge in [-0.2, -0.15) is 0 Å². The summed E-state index contributed by atoms with van der Waals surface area (Å²) in [5.41, 5.74) is 2.47. The molecule has 2 heterocycles. The predicted octanol–water partition coefficient (Wildman–Crippen LogP) is 2.90. The average molecular weight is 279 g/mol. The second kappa shape index (κ2) is 5.20. The van der Waals surface area contributed by atoms with Crippen LogP contribution in [-0.4, -0.2) is 21.0 Å². The van der Waals surface area contributed by atoms with Crippen LogP contribution in [0.5, 0.6) is 5.75 Å². The van der Waals surface area contributed by atoms with Crippen LogP contribution in [0.15, 0.2) is 48.8 Å². The van der Waals surface area contributed by atoms with Crippen LogP contribution >= 0.6 is 0 Å². The number of aromatic hydroxyl groups is 1. The molecule has 0 fully saturated rings. The molecule has 0 aliphatic rings. The average Bonchev–Trinajstić information content (AvgIpc) is 2.47. The van der Waals surface area contributed by atoms with Gasteiger partial charge in [0.05, 0.1) is 23.0 Å². The summed E-state index contributed by atoms with van der Waals surface area (Å²) >= 11 is 0. The fourth-order valence-corrected chi connectivity index (χ4v) is 2.18. The first-order chi connectivity index (χ1) is 10.1. The topological polar surface area (TPSA) is 75.1 Å². The van der Waals surface area contributed by atoms with Crippen LogP contribution in [0.25, 0.3) is 10.9 Å². The van der Waals surface area contributed by atoms with Crippen LogP contribution in [0.4, 0.5) is 5.69 Å². The molecule has 0 spiro atoms. The Morgan fingerprint density at radius 3 is 2.86 bits per heavy atom. The molecule has 0 radical (unpaired) electrons. The van der Waals surface area contributed by atoms with Crippen molar-refractivity contribution in [1.82, 2.24) is 9.97 Å². The molecule has 0 unspecified atom stereocenters. The number of fused-ring (bicyclic) bond motifs is 1. The van der Waals surface area contributed by atoms with Crippen LogP contribution < -0.4 is 5.32 Å². The summed E-state index contributed by atoms with van der Waals surface area (Å²) in [4.78, 5) is 20.5. The molecule has 0 saturated carbocycles. The van der Waals surface area contributed by atoms with Gasteiger partial charge in [-0.15, -0.1) is 0 Å². The summed E-state index contributed by atoms with van der Waals surface area (Å²) in [6, 6.07) is 10.8. The zero-order valence-corrected chi connectivity index (χ0v) is 11.4. The Bertz CT molecular complexity index is 831. The number of hydrogen-bond donors (Lipinski definition) is 2. The number of anilines is 1. The van der Waals surface area contributed by atoms with Gasteiger partial charge in [-0.05, 0) is 25.1 Å². The minimum Gasteiger partial charge on any atom is -0.505 e. The van der Waals surface area contributed by atoms with Gasteiger partial charge in [0.2, 0.25) is 0 Å². The minimum atomic E-state index is -0.384. The maximum Gasteiger partial charge on any atom is 0.259 e. The molecule has 1 amide bonds. The third-order valence-corrected chi connectivity index (χ3v) is 3.14. The van der Waals surface area contributed by atoms with Gasteiger partial charge in [0.1, 0.15) is 5.75 Å². The third kappa shape index (κ3) is 2.53. The highest BCUT2D eigenvalue weighted by Gasteiger charge is 2.13. The summed E-state index contributed by atoms with van der Waals surface area (Å²) in [6.45, 7) is 1.87. The lowest BCUT2D eigenvalue weighted by molar-refractivity contribution is 0.102. The van der Waals surface area contributed by atoms with Crippen LogP contribution in [-0.2, 0) is 0 Å². The number of hydrogen-bond acceptors (Lipinski definition) is 4. The number of aromatic nitrogens is 2. The lowest BCUT2D eigenvalue weighted by Gasteiger charge is -2.10. The van der Waals surface area contributed by atoms with E-state index in [-0.39, 0.29) is 17.2 Å². The molecule has 5 heteroatoms. The zero-order valence-electron chi connectivity index (χ0n) is 11.4. The Kier molecular flexibility index (Phi) is 3.23. The molecule has 0 atom stereocenters. The summed E-state index contributed by atoms with van der Waals surface area (Å²) in [5.74, 6) is -0.532. The summed E-state index contributed by atoms with van der Waals surface area (Å²) in [5, 5.41) is 13.4. The van der Waals surface area contributed by atoms with E-state index in [9.17, 15) is 9.90 Å². The number of aryl methyl sites for hydroxylation is 1. The molecule has 5 nitrogen and oxygen atoms in total. The Morgan fingerprint density at radius 1 is 1.24 bits per heavy atom. The van der Waals surface area contributed by atoms with Gasteiger partial charge >= 0.3 is 0 Å². The fraction of sp³-hybridized carbons (Fsp3) is 0.0625. The minimum absolute atomic E-state index is 0.148. The van der Waals surface area contributed by atoms with Crippen molar-refractivity contribution in [2.24, 2.45) is 0 Å². The van der Waals surface area contributed by atoms with Crippen molar-refractivity contribution in [1.29, 1.82) is 0 Å². The largest absolute Gasteiger partial charge is 0.505 e. The first-order valence-corrected chi connectivity index (χ1v) is 6.46. The molecule has 0 saturated heterocycles. The number of carbonyl (C=O) groups is 1. The van der Waals surface area contributed by atoms with Crippen LogP contribution in [0.2, 0.25) is 0 Å². The molecular formula is C16H13N3O2. The highest BCUT2D eigenvalue weighted by Crippen LogP contribution is 2.24. The quantitative estimate of drug-likeness (QED) is 0.756. The SMILES string of the molecule is Cc1cc(NC(=O)c2ccncc2O)c2ccccc2n1. The number of para-hydroxylation sites is 1. The Balaban J connectivity index is 2.02. The molecule has 104 valence electrons. The number of carbonyl (C=O) groups excluding carboxylic acids is 1. The lowest BCUT2D eigenvalue weighted by atomic mass is 10.1. The Morgan fingerprint density at radius 2 is 2.05 bits per heavy atom. The standard InChI is InChI=1S/C16H13N3O2/c1-10-8-14(11-4-2-3-5-13(11)18-10)19-16(21)12-6-7-17-9-15(12)20/h2-9,20H,1H3,(H,18,19,21). The van der Waals surface area contributed by atoms with Crippen molar-refractivity contribution in [3.63, 3.8) is 0 Å². The van der Waals surface area contributed by atoms with Gasteiger partial charge in [-0.25, -0.2) is 0 Å². The molecule has 2 N–H and O–H groups in total. The van der Waals surface area contributed by atoms with E-state index < -0.39 is 0 Å². The van der Waals surface area contributed by atoms with Gasteiger partial charge in [0.25, 0.3) is 5.91 Å². The molecule has 3 rings (SSSR count). The number of amides is 1. The fourth-order valence-electron chi connectivity index (χ4n) is 2.18. The molecule has 21 heavy (non-hydrogen) atoms. The van der Waals surface area contributed by atoms with E-state index in [1.165, 1.54) is 18.5 Å². The molecule has 0 aliphatic heterocycles. The van der Waals surface area contributed by atoms with E-state index in [2.05, 4.69) is 15.3 Å². The highest BCUT2D eigenvalue weighted by atomic mass is 16.3. The zero-order chi connectivity index (χ0) is 14.8.